The van der Waals surface area contributed by atoms with Crippen LogP contribution in [-0.4, -0.2) is 9.55 Å². The predicted octanol–water partition coefficient (Wildman–Crippen LogP) is 2.05. The fraction of sp³-hybridized carbons (Fsp3) is 0.364. The van der Waals surface area contributed by atoms with Crippen LogP contribution in [-0.2, 0) is 6.54 Å². The largest absolute Gasteiger partial charge is 0.326 e. The van der Waals surface area contributed by atoms with E-state index in [-0.39, 0.29) is 5.69 Å². The van der Waals surface area contributed by atoms with E-state index in [0.717, 1.165) is 24.0 Å². The number of nitrogens with one attached hydrogen (secondary N) is 1. The maximum absolute atomic E-state index is 11.5. The van der Waals surface area contributed by atoms with Crippen LogP contribution in [0.15, 0.2) is 23.0 Å². The molecule has 1 heterocycles. The van der Waals surface area contributed by atoms with E-state index >= 15 is 0 Å². The Morgan fingerprint density at radius 2 is 2.21 bits per heavy atom. The van der Waals surface area contributed by atoms with Crippen molar-refractivity contribution in [1.82, 2.24) is 9.55 Å². The summed E-state index contributed by atoms with van der Waals surface area (Å²) in [6.07, 6.45) is 0.973. The van der Waals surface area contributed by atoms with Crippen molar-refractivity contribution in [2.45, 2.75) is 26.8 Å². The van der Waals surface area contributed by atoms with E-state index in [1.165, 1.54) is 5.56 Å². The molecule has 3 nitrogen and oxygen atoms in total. The molecule has 2 rings (SSSR count). The first-order chi connectivity index (χ1) is 6.72. The Hall–Kier alpha value is -1.51. The fourth-order valence-corrected chi connectivity index (χ4v) is 1.72. The van der Waals surface area contributed by atoms with Gasteiger partial charge in [-0.05, 0) is 31.0 Å². The monoisotopic (exact) mass is 190 g/mol. The Bertz CT molecular complexity index is 507. The van der Waals surface area contributed by atoms with Crippen LogP contribution in [0.2, 0.25) is 0 Å². The topological polar surface area (TPSA) is 37.8 Å². The number of aromatic nitrogens is 2. The third-order valence-corrected chi connectivity index (χ3v) is 2.38. The summed E-state index contributed by atoms with van der Waals surface area (Å²) < 4.78 is 1.79. The summed E-state index contributed by atoms with van der Waals surface area (Å²) in [4.78, 5) is 14.4. The number of imidazole rings is 1. The highest BCUT2D eigenvalue weighted by Crippen LogP contribution is 2.12. The Morgan fingerprint density at radius 1 is 1.43 bits per heavy atom. The highest BCUT2D eigenvalue weighted by Gasteiger charge is 2.04. The van der Waals surface area contributed by atoms with Crippen molar-refractivity contribution >= 4 is 11.0 Å². The number of rotatable bonds is 2. The SMILES string of the molecule is CCCn1c(=O)[nH]c2cc(C)ccc21. The summed E-state index contributed by atoms with van der Waals surface area (Å²) >= 11 is 0. The minimum absolute atomic E-state index is 0.00699. The predicted molar refractivity (Wildman–Crippen MR) is 57.6 cm³/mol. The molecule has 0 aliphatic rings. The third-order valence-electron chi connectivity index (χ3n) is 2.38. The van der Waals surface area contributed by atoms with Crippen molar-refractivity contribution in [2.24, 2.45) is 0 Å². The minimum Gasteiger partial charge on any atom is -0.306 e. The number of aromatic amines is 1. The lowest BCUT2D eigenvalue weighted by Crippen LogP contribution is -2.16. The summed E-state index contributed by atoms with van der Waals surface area (Å²) in [5.41, 5.74) is 3.10. The maximum atomic E-state index is 11.5. The molecular formula is C11H14N2O. The fourth-order valence-electron chi connectivity index (χ4n) is 1.72. The van der Waals surface area contributed by atoms with E-state index in [0.29, 0.717) is 0 Å². The molecule has 0 bridgehead atoms. The van der Waals surface area contributed by atoms with Crippen molar-refractivity contribution in [2.75, 3.05) is 0 Å². The third kappa shape index (κ3) is 1.35. The summed E-state index contributed by atoms with van der Waals surface area (Å²) in [6.45, 7) is 4.87. The molecule has 0 amide bonds. The average molecular weight is 190 g/mol. The number of nitrogens with zero attached hydrogens (tertiary/aromatic N) is 1. The lowest BCUT2D eigenvalue weighted by Gasteiger charge is -1.99. The van der Waals surface area contributed by atoms with Crippen LogP contribution in [0.5, 0.6) is 0 Å². The minimum atomic E-state index is -0.00699. The van der Waals surface area contributed by atoms with Crippen LogP contribution >= 0.6 is 0 Å². The zero-order valence-corrected chi connectivity index (χ0v) is 8.50. The van der Waals surface area contributed by atoms with Crippen molar-refractivity contribution < 1.29 is 0 Å². The molecule has 0 radical (unpaired) electrons. The normalized spacial score (nSPS) is 11.0. The first-order valence-corrected chi connectivity index (χ1v) is 4.91. The number of fused-ring (bicyclic) bond motifs is 1. The molecule has 1 N–H and O–H groups in total. The second-order valence-electron chi connectivity index (χ2n) is 3.60. The summed E-state index contributed by atoms with van der Waals surface area (Å²) in [6, 6.07) is 6.03. The molecule has 0 aliphatic carbocycles. The van der Waals surface area contributed by atoms with Crippen LogP contribution in [0.1, 0.15) is 18.9 Å². The van der Waals surface area contributed by atoms with Gasteiger partial charge in [0, 0.05) is 6.54 Å². The average Bonchev–Trinajstić information content (AvgIpc) is 2.43. The smallest absolute Gasteiger partial charge is 0.306 e. The Kier molecular flexibility index (Phi) is 2.15. The molecule has 0 unspecified atom stereocenters. The number of hydrogen-bond acceptors (Lipinski definition) is 1. The molecule has 0 spiro atoms. The van der Waals surface area contributed by atoms with Crippen molar-refractivity contribution in [3.05, 3.63) is 34.2 Å². The zero-order valence-electron chi connectivity index (χ0n) is 8.50. The Morgan fingerprint density at radius 3 is 2.93 bits per heavy atom. The van der Waals surface area contributed by atoms with Gasteiger partial charge in [-0.15, -0.1) is 0 Å². The first kappa shape index (κ1) is 9.06. The van der Waals surface area contributed by atoms with Gasteiger partial charge < -0.3 is 4.98 Å². The van der Waals surface area contributed by atoms with E-state index in [1.54, 1.807) is 4.57 Å². The number of H-pyrrole nitrogens is 1. The molecule has 1 aromatic carbocycles. The molecule has 0 atom stereocenters. The van der Waals surface area contributed by atoms with Gasteiger partial charge in [-0.1, -0.05) is 13.0 Å². The second-order valence-corrected chi connectivity index (χ2v) is 3.60. The van der Waals surface area contributed by atoms with Gasteiger partial charge in [0.05, 0.1) is 11.0 Å². The summed E-state index contributed by atoms with van der Waals surface area (Å²) in [7, 11) is 0. The maximum Gasteiger partial charge on any atom is 0.326 e. The lowest BCUT2D eigenvalue weighted by atomic mass is 10.2. The lowest BCUT2D eigenvalue weighted by molar-refractivity contribution is 0.674. The molecule has 0 saturated carbocycles. The molecule has 0 aliphatic heterocycles. The second kappa shape index (κ2) is 3.33. The van der Waals surface area contributed by atoms with Crippen LogP contribution in [0, 0.1) is 6.92 Å². The van der Waals surface area contributed by atoms with Crippen LogP contribution in [0.3, 0.4) is 0 Å². The van der Waals surface area contributed by atoms with Gasteiger partial charge in [0.1, 0.15) is 0 Å². The number of aryl methyl sites for hydroxylation is 2. The van der Waals surface area contributed by atoms with Crippen LogP contribution in [0.4, 0.5) is 0 Å². The van der Waals surface area contributed by atoms with Gasteiger partial charge in [-0.2, -0.15) is 0 Å². The molecular weight excluding hydrogens is 176 g/mol. The van der Waals surface area contributed by atoms with Gasteiger partial charge in [0.15, 0.2) is 0 Å². The van der Waals surface area contributed by atoms with E-state index < -0.39 is 0 Å². The van der Waals surface area contributed by atoms with Gasteiger partial charge >= 0.3 is 5.69 Å². The molecule has 74 valence electrons. The van der Waals surface area contributed by atoms with Crippen LogP contribution < -0.4 is 5.69 Å². The number of hydrogen-bond donors (Lipinski definition) is 1. The van der Waals surface area contributed by atoms with E-state index in [9.17, 15) is 4.79 Å². The quantitative estimate of drug-likeness (QED) is 0.773. The highest BCUT2D eigenvalue weighted by atomic mass is 16.1. The van der Waals surface area contributed by atoms with Gasteiger partial charge in [-0.3, -0.25) is 4.57 Å². The number of benzene rings is 1. The summed E-state index contributed by atoms with van der Waals surface area (Å²) in [5, 5.41) is 0. The first-order valence-electron chi connectivity index (χ1n) is 4.91. The van der Waals surface area contributed by atoms with Gasteiger partial charge in [-0.25, -0.2) is 4.79 Å². The molecule has 2 aromatic rings. The molecule has 14 heavy (non-hydrogen) atoms. The van der Waals surface area contributed by atoms with Crippen LogP contribution in [0.25, 0.3) is 11.0 Å². The highest BCUT2D eigenvalue weighted by molar-refractivity contribution is 5.75. The molecule has 0 fully saturated rings. The molecule has 1 aromatic heterocycles. The zero-order chi connectivity index (χ0) is 10.1. The Balaban J connectivity index is 2.71. The molecule has 3 heteroatoms. The van der Waals surface area contributed by atoms with Gasteiger partial charge in [0.25, 0.3) is 0 Å². The van der Waals surface area contributed by atoms with Crippen molar-refractivity contribution in [3.8, 4) is 0 Å². The Labute approximate surface area is 82.4 Å². The van der Waals surface area contributed by atoms with Crippen molar-refractivity contribution in [3.63, 3.8) is 0 Å². The van der Waals surface area contributed by atoms with E-state index in [1.807, 2.05) is 25.1 Å². The van der Waals surface area contributed by atoms with Crippen molar-refractivity contribution in [1.29, 1.82) is 0 Å². The summed E-state index contributed by atoms with van der Waals surface area (Å²) in [5.74, 6) is 0. The van der Waals surface area contributed by atoms with Gasteiger partial charge in [0.2, 0.25) is 0 Å². The molecule has 0 saturated heterocycles. The van der Waals surface area contributed by atoms with E-state index in [4.69, 9.17) is 0 Å². The van der Waals surface area contributed by atoms with E-state index in [2.05, 4.69) is 11.9 Å². The standard InChI is InChI=1S/C11H14N2O/c1-3-6-13-10-5-4-8(2)7-9(10)12-11(13)14/h4-5,7H,3,6H2,1-2H3,(H,12,14).